The molecule has 0 spiro atoms. The summed E-state index contributed by atoms with van der Waals surface area (Å²) in [6.45, 7) is 4.18. The number of benzene rings is 1. The van der Waals surface area contributed by atoms with Crippen molar-refractivity contribution >= 4 is 5.91 Å². The van der Waals surface area contributed by atoms with Gasteiger partial charge < -0.3 is 9.32 Å². The van der Waals surface area contributed by atoms with E-state index < -0.39 is 0 Å². The molecule has 2 N–H and O–H groups in total. The van der Waals surface area contributed by atoms with Crippen molar-refractivity contribution in [3.63, 3.8) is 0 Å². The normalized spacial score (nSPS) is 25.7. The van der Waals surface area contributed by atoms with E-state index in [1.54, 1.807) is 0 Å². The number of hydrogen-bond acceptors (Lipinski definition) is 5. The molecule has 3 heterocycles. The molecule has 1 amide bonds. The number of carbonyl (C=O) groups is 1. The Morgan fingerprint density at radius 2 is 2.19 bits per heavy atom. The predicted molar refractivity (Wildman–Crippen MR) is 98.6 cm³/mol. The summed E-state index contributed by atoms with van der Waals surface area (Å²) in [5.74, 6) is 0.957. The maximum Gasteiger partial charge on any atom is 0.276 e. The largest absolute Gasteiger partial charge is 0.448 e. The van der Waals surface area contributed by atoms with Crippen molar-refractivity contribution in [3.8, 4) is 0 Å². The lowest BCUT2D eigenvalue weighted by atomic mass is 9.81. The Balaban J connectivity index is 1.49. The number of amides is 1. The minimum Gasteiger partial charge on any atom is -0.448 e. The van der Waals surface area contributed by atoms with Crippen molar-refractivity contribution in [1.29, 1.82) is 0 Å². The van der Waals surface area contributed by atoms with Crippen LogP contribution in [0.5, 0.6) is 0 Å². The SMILES string of the molecule is CCc1ocnc1C(=O)N1CCCC(C2NNCC2c2ccc(F)cc2)C1. The molecule has 2 aliphatic heterocycles. The number of oxazole rings is 1. The molecule has 7 heteroatoms. The second-order valence-corrected chi connectivity index (χ2v) is 7.34. The molecule has 3 atom stereocenters. The van der Waals surface area contributed by atoms with Crippen LogP contribution in [0.1, 0.15) is 47.5 Å². The van der Waals surface area contributed by atoms with Gasteiger partial charge in [-0.1, -0.05) is 19.1 Å². The van der Waals surface area contributed by atoms with Gasteiger partial charge >= 0.3 is 0 Å². The van der Waals surface area contributed by atoms with Gasteiger partial charge in [-0.3, -0.25) is 15.6 Å². The molecule has 2 fully saturated rings. The zero-order chi connectivity index (χ0) is 18.8. The van der Waals surface area contributed by atoms with Gasteiger partial charge in [-0.15, -0.1) is 0 Å². The summed E-state index contributed by atoms with van der Waals surface area (Å²) < 4.78 is 18.6. The summed E-state index contributed by atoms with van der Waals surface area (Å²) in [6.07, 6.45) is 4.02. The van der Waals surface area contributed by atoms with E-state index in [0.717, 1.165) is 31.5 Å². The first kappa shape index (κ1) is 18.1. The summed E-state index contributed by atoms with van der Waals surface area (Å²) in [4.78, 5) is 18.9. The van der Waals surface area contributed by atoms with E-state index in [2.05, 4.69) is 15.8 Å². The minimum atomic E-state index is -0.219. The number of rotatable bonds is 4. The zero-order valence-corrected chi connectivity index (χ0v) is 15.5. The van der Waals surface area contributed by atoms with Crippen LogP contribution in [0.3, 0.4) is 0 Å². The fourth-order valence-electron chi connectivity index (χ4n) is 4.33. The molecule has 0 radical (unpaired) electrons. The van der Waals surface area contributed by atoms with Gasteiger partial charge in [0, 0.05) is 38.0 Å². The van der Waals surface area contributed by atoms with Crippen LogP contribution in [0, 0.1) is 11.7 Å². The molecule has 27 heavy (non-hydrogen) atoms. The zero-order valence-electron chi connectivity index (χ0n) is 15.5. The fraction of sp³-hybridized carbons (Fsp3) is 0.500. The van der Waals surface area contributed by atoms with Crippen LogP contribution in [-0.2, 0) is 6.42 Å². The van der Waals surface area contributed by atoms with Gasteiger partial charge in [0.25, 0.3) is 5.91 Å². The number of piperidine rings is 1. The highest BCUT2D eigenvalue weighted by Crippen LogP contribution is 2.32. The second-order valence-electron chi connectivity index (χ2n) is 7.34. The molecule has 2 aliphatic rings. The monoisotopic (exact) mass is 372 g/mol. The van der Waals surface area contributed by atoms with Crippen LogP contribution in [-0.4, -0.2) is 41.5 Å². The van der Waals surface area contributed by atoms with Gasteiger partial charge in [0.15, 0.2) is 12.1 Å². The van der Waals surface area contributed by atoms with Crippen LogP contribution < -0.4 is 10.9 Å². The van der Waals surface area contributed by atoms with Crippen molar-refractivity contribution in [2.24, 2.45) is 5.92 Å². The maximum absolute atomic E-state index is 13.3. The Hall–Kier alpha value is -2.25. The molecule has 0 aliphatic carbocycles. The van der Waals surface area contributed by atoms with E-state index in [-0.39, 0.29) is 23.7 Å². The van der Waals surface area contributed by atoms with Crippen LogP contribution >= 0.6 is 0 Å². The summed E-state index contributed by atoms with van der Waals surface area (Å²) in [6, 6.07) is 6.94. The molecule has 1 aromatic heterocycles. The van der Waals surface area contributed by atoms with Gasteiger partial charge in [0.05, 0.1) is 0 Å². The van der Waals surface area contributed by atoms with Crippen molar-refractivity contribution in [2.45, 2.75) is 38.1 Å². The number of nitrogens with zero attached hydrogens (tertiary/aromatic N) is 2. The standard InChI is InChI=1S/C20H25FN4O2/c1-2-17-19(22-12-27-17)20(26)25-9-3-4-14(11-25)18-16(10-23-24-18)13-5-7-15(21)8-6-13/h5-8,12,14,16,18,23-24H,2-4,9-11H2,1H3. The third kappa shape index (κ3) is 3.61. The number of nitrogens with one attached hydrogen (secondary N) is 2. The summed E-state index contributed by atoms with van der Waals surface area (Å²) in [5.41, 5.74) is 8.19. The molecule has 6 nitrogen and oxygen atoms in total. The molecule has 0 bridgehead atoms. The number of aryl methyl sites for hydroxylation is 1. The van der Waals surface area contributed by atoms with Gasteiger partial charge in [-0.2, -0.15) is 0 Å². The Bertz CT molecular complexity index is 792. The van der Waals surface area contributed by atoms with Crippen molar-refractivity contribution in [2.75, 3.05) is 19.6 Å². The molecule has 0 saturated carbocycles. The molecule has 3 unspecified atom stereocenters. The van der Waals surface area contributed by atoms with Gasteiger partial charge in [0.1, 0.15) is 11.6 Å². The summed E-state index contributed by atoms with van der Waals surface area (Å²) >= 11 is 0. The number of hydrazine groups is 1. The van der Waals surface area contributed by atoms with Crippen molar-refractivity contribution in [3.05, 3.63) is 53.5 Å². The lowest BCUT2D eigenvalue weighted by molar-refractivity contribution is 0.0637. The second kappa shape index (κ2) is 7.78. The Morgan fingerprint density at radius 3 is 2.96 bits per heavy atom. The average Bonchev–Trinajstić information content (AvgIpc) is 3.37. The van der Waals surface area contributed by atoms with E-state index in [9.17, 15) is 9.18 Å². The quantitative estimate of drug-likeness (QED) is 0.863. The van der Waals surface area contributed by atoms with Gasteiger partial charge in [-0.25, -0.2) is 9.37 Å². The number of hydrogen-bond donors (Lipinski definition) is 2. The number of likely N-dealkylation sites (tertiary alicyclic amines) is 1. The van der Waals surface area contributed by atoms with Gasteiger partial charge in [-0.05, 0) is 36.5 Å². The van der Waals surface area contributed by atoms with Crippen LogP contribution in [0.25, 0.3) is 0 Å². The van der Waals surface area contributed by atoms with E-state index in [1.807, 2.05) is 24.0 Å². The molecular formula is C20H25FN4O2. The number of carbonyl (C=O) groups excluding carboxylic acids is 1. The smallest absolute Gasteiger partial charge is 0.276 e. The van der Waals surface area contributed by atoms with Crippen molar-refractivity contribution < 1.29 is 13.6 Å². The minimum absolute atomic E-state index is 0.0467. The van der Waals surface area contributed by atoms with E-state index in [1.165, 1.54) is 18.5 Å². The molecule has 144 valence electrons. The van der Waals surface area contributed by atoms with Crippen LogP contribution in [0.2, 0.25) is 0 Å². The number of halogens is 1. The Morgan fingerprint density at radius 1 is 1.37 bits per heavy atom. The Kier molecular flexibility index (Phi) is 5.22. The molecule has 2 saturated heterocycles. The lowest BCUT2D eigenvalue weighted by Crippen LogP contribution is -2.48. The molecular weight excluding hydrogens is 347 g/mol. The molecule has 1 aromatic carbocycles. The van der Waals surface area contributed by atoms with E-state index >= 15 is 0 Å². The fourth-order valence-corrected chi connectivity index (χ4v) is 4.33. The summed E-state index contributed by atoms with van der Waals surface area (Å²) in [5, 5.41) is 0. The van der Waals surface area contributed by atoms with Crippen LogP contribution in [0.15, 0.2) is 35.1 Å². The third-order valence-corrected chi connectivity index (χ3v) is 5.74. The van der Waals surface area contributed by atoms with Crippen LogP contribution in [0.4, 0.5) is 4.39 Å². The third-order valence-electron chi connectivity index (χ3n) is 5.74. The average molecular weight is 372 g/mol. The summed E-state index contributed by atoms with van der Waals surface area (Å²) in [7, 11) is 0. The van der Waals surface area contributed by atoms with Crippen molar-refractivity contribution in [1.82, 2.24) is 20.7 Å². The van der Waals surface area contributed by atoms with E-state index in [4.69, 9.17) is 4.42 Å². The lowest BCUT2D eigenvalue weighted by Gasteiger charge is -2.37. The Labute approximate surface area is 158 Å². The first-order valence-corrected chi connectivity index (χ1v) is 9.63. The topological polar surface area (TPSA) is 70.4 Å². The molecule has 4 rings (SSSR count). The highest BCUT2D eigenvalue weighted by molar-refractivity contribution is 5.93. The number of aromatic nitrogens is 1. The maximum atomic E-state index is 13.3. The molecule has 2 aromatic rings. The predicted octanol–water partition coefficient (Wildman–Crippen LogP) is 2.49. The highest BCUT2D eigenvalue weighted by atomic mass is 19.1. The highest BCUT2D eigenvalue weighted by Gasteiger charge is 2.38. The van der Waals surface area contributed by atoms with E-state index in [0.29, 0.717) is 30.3 Å². The first-order chi connectivity index (χ1) is 13.2. The first-order valence-electron chi connectivity index (χ1n) is 9.63. The van der Waals surface area contributed by atoms with Gasteiger partial charge in [0.2, 0.25) is 0 Å².